The van der Waals surface area contributed by atoms with Gasteiger partial charge in [-0.05, 0) is 57.8 Å². The molecule has 2 heterocycles. The topological polar surface area (TPSA) is 270 Å². The Labute approximate surface area is 534 Å². The Morgan fingerprint density at radius 2 is 1.05 bits per heavy atom. The number of carbonyl (C=O) groups excluding carboxylic acids is 3. The van der Waals surface area contributed by atoms with Crippen LogP contribution in [0.15, 0.2) is 12.2 Å². The van der Waals surface area contributed by atoms with Gasteiger partial charge < -0.3 is 63.2 Å². The van der Waals surface area contributed by atoms with Gasteiger partial charge in [0.25, 0.3) is 7.52 Å². The van der Waals surface area contributed by atoms with Gasteiger partial charge in [-0.3, -0.25) is 29.0 Å². The number of allylic oxidation sites excluding steroid dienone is 2. The minimum absolute atomic E-state index is 0.126. The molecule has 2 amide bonds. The van der Waals surface area contributed by atoms with Crippen LogP contribution in [0.2, 0.25) is 0 Å². The number of hydrogen-bond acceptors (Lipinski definition) is 14. The van der Waals surface area contributed by atoms with Gasteiger partial charge in [-0.25, -0.2) is 0 Å². The van der Waals surface area contributed by atoms with E-state index in [1.165, 1.54) is 77.7 Å². The van der Waals surface area contributed by atoms with Crippen LogP contribution in [0.3, 0.4) is 0 Å². The quantitative estimate of drug-likeness (QED) is 0.0143. The first-order chi connectivity index (χ1) is 42.6. The predicted molar refractivity (Wildman–Crippen MR) is 352 cm³/mol. The highest BCUT2D eigenvalue weighted by Crippen LogP contribution is 2.38. The number of amides is 2. The number of aliphatic hydroxyl groups is 1. The Balaban J connectivity index is 2.42. The van der Waals surface area contributed by atoms with Crippen molar-refractivity contribution in [3.8, 4) is 0 Å². The third kappa shape index (κ3) is 39.8. The van der Waals surface area contributed by atoms with Gasteiger partial charge in [0.15, 0.2) is 6.29 Å². The summed E-state index contributed by atoms with van der Waals surface area (Å²) in [5.74, 6) is -1.20. The average Bonchev–Trinajstić information content (AvgIpc) is 2.14. The van der Waals surface area contributed by atoms with Crippen LogP contribution < -0.4 is 16.1 Å². The zero-order valence-corrected chi connectivity index (χ0v) is 57.9. The van der Waals surface area contributed by atoms with Gasteiger partial charge in [-0.2, -0.15) is 0 Å². The fraction of sp³-hybridized carbons (Fsp3) is 0.925. The van der Waals surface area contributed by atoms with Crippen molar-refractivity contribution in [3.63, 3.8) is 0 Å². The second-order valence-corrected chi connectivity index (χ2v) is 27.8. The van der Waals surface area contributed by atoms with Crippen molar-refractivity contribution in [1.29, 1.82) is 0 Å². The third-order valence-electron chi connectivity index (χ3n) is 17.2. The molecule has 7 N–H and O–H groups in total. The van der Waals surface area contributed by atoms with Crippen molar-refractivity contribution in [1.82, 2.24) is 10.6 Å². The largest absolute Gasteiger partial charge is 0.388 e. The molecule has 0 aromatic rings. The molecule has 0 saturated carbocycles. The lowest BCUT2D eigenvalue weighted by molar-refractivity contribution is -0.289. The number of rotatable bonds is 59. The number of ether oxygens (including phenoxy) is 7. The molecule has 2 rings (SSSR count). The number of unbranched alkanes of at least 4 members (excludes halogenated alkanes) is 30. The molecular weight excluding hydrogens is 1160 g/mol. The van der Waals surface area contributed by atoms with Crippen LogP contribution in [0.1, 0.15) is 285 Å². The maximum atomic E-state index is 14.1. The summed E-state index contributed by atoms with van der Waals surface area (Å²) in [6.07, 6.45) is 32.9. The van der Waals surface area contributed by atoms with Gasteiger partial charge in [-0.15, -0.1) is 0 Å². The average molecular weight is 1290 g/mol. The van der Waals surface area contributed by atoms with E-state index in [9.17, 15) is 38.4 Å². The van der Waals surface area contributed by atoms with Crippen molar-refractivity contribution in [2.75, 3.05) is 46.8 Å². The molecule has 19 nitrogen and oxygen atoms in total. The summed E-state index contributed by atoms with van der Waals surface area (Å²) in [4.78, 5) is 62.2. The molecule has 0 aromatic carbocycles. The first-order valence-corrected chi connectivity index (χ1v) is 38.4. The predicted octanol–water partition coefficient (Wildman–Crippen LogP) is 14.0. The normalized spacial score (nSPS) is 23.7. The number of aliphatic hydroxyl groups excluding tert-OH is 1. The molecule has 2 saturated heterocycles. The number of nitrogens with two attached hydrogens (primary N) is 1. The molecule has 13 atom stereocenters. The Kier molecular flexibility index (Phi) is 50.3. The number of carbonyl (C=O) groups is 3. The van der Waals surface area contributed by atoms with Crippen LogP contribution in [0.5, 0.6) is 0 Å². The van der Waals surface area contributed by atoms with Crippen molar-refractivity contribution < 1.29 is 76.1 Å². The highest BCUT2D eigenvalue weighted by Gasteiger charge is 2.52. The third-order valence-corrected chi connectivity index (χ3v) is 18.5. The van der Waals surface area contributed by atoms with Gasteiger partial charge in [0.05, 0.1) is 44.0 Å². The van der Waals surface area contributed by atoms with E-state index >= 15 is 0 Å². The van der Waals surface area contributed by atoms with E-state index in [2.05, 4.69) is 50.5 Å². The number of nitrogens with one attached hydrogen (secondary N) is 2. The lowest BCUT2D eigenvalue weighted by atomic mass is 9.92. The van der Waals surface area contributed by atoms with Crippen LogP contribution in [-0.4, -0.2) is 147 Å². The van der Waals surface area contributed by atoms with E-state index in [1.807, 2.05) is 0 Å². The molecule has 2 aliphatic rings. The van der Waals surface area contributed by atoms with Gasteiger partial charge in [-0.1, -0.05) is 220 Å². The molecule has 0 radical (unpaired) electrons. The molecular formula is C67H129N3O16P2. The van der Waals surface area contributed by atoms with Crippen LogP contribution in [0, 0.1) is 0 Å². The maximum absolute atomic E-state index is 14.1. The molecule has 88 heavy (non-hydrogen) atoms. The van der Waals surface area contributed by atoms with Crippen molar-refractivity contribution in [2.24, 2.45) is 5.50 Å². The Bertz CT molecular complexity index is 1830. The standard InChI is InChI=1S/C67H129N3O16P2/c1-7-11-15-19-22-25-26-27-28-29-30-32-34-38-42-46-59(72)69-62-66(82-49-47-55(80-6)45-41-36-18-14-10-4)64(86-87(75)76)57(51-79-5)85-67(62)83-52-56-63(74)65(81-48-43-39-35-24-21-17-13-9-3)61(58(84-56)53-88(68,77)78)70-60(73)50-54(71)44-40-37-33-31-23-20-16-12-8-2/h25-26,55-58,61-67,74,87H,7-24,27-53H2,1-6H3,(H,69,72)(H,70,73)(H,75,76)(H3,68,77,78)/b26-25-/t55-,56-,57-,58-,61+,62-,63-,64-,65-,66-,67-/m1/s1. The Morgan fingerprint density at radius 1 is 0.557 bits per heavy atom. The summed E-state index contributed by atoms with van der Waals surface area (Å²) in [7, 11) is -4.88. The van der Waals surface area contributed by atoms with Gasteiger partial charge in [0, 0.05) is 40.3 Å². The van der Waals surface area contributed by atoms with E-state index < -0.39 is 102 Å². The van der Waals surface area contributed by atoms with Crippen molar-refractivity contribution in [2.45, 2.75) is 352 Å². The molecule has 0 aliphatic carbocycles. The highest BCUT2D eigenvalue weighted by molar-refractivity contribution is 7.55. The smallest absolute Gasteiger partial charge is 0.317 e. The van der Waals surface area contributed by atoms with Gasteiger partial charge >= 0.3 is 8.25 Å². The van der Waals surface area contributed by atoms with E-state index in [0.29, 0.717) is 25.7 Å². The molecule has 2 unspecified atom stereocenters. The number of ketones is 1. The maximum Gasteiger partial charge on any atom is 0.317 e. The second-order valence-electron chi connectivity index (χ2n) is 25.1. The number of methoxy groups -OCH3 is 2. The molecule has 518 valence electrons. The molecule has 2 fully saturated rings. The number of hydrogen-bond donors (Lipinski definition) is 6. The Morgan fingerprint density at radius 3 is 1.58 bits per heavy atom. The fourth-order valence-corrected chi connectivity index (χ4v) is 13.3. The monoisotopic (exact) mass is 1290 g/mol. The SMILES string of the molecule is CCCCCC/C=C\CCCCCCCCCC(=O)N[C@H]1[C@H](OC[C@H]2O[C@H](CP(N)(=O)O)[C@H](NC(=O)CC(=O)CCCCCCCCCCC)[C@@H](OCCCCCCCCCC)[C@@H]2O)O[C@H](COC)[C@@H](O[PH](=O)O)[C@@H]1OCC[C@@H](CCCCCCC)OC. The summed E-state index contributed by atoms with van der Waals surface area (Å²) in [6, 6.07) is -2.33. The van der Waals surface area contributed by atoms with E-state index in [-0.39, 0.29) is 50.5 Å². The minimum atomic E-state index is -4.37. The summed E-state index contributed by atoms with van der Waals surface area (Å²) < 4.78 is 75.6. The van der Waals surface area contributed by atoms with Crippen molar-refractivity contribution >= 4 is 33.4 Å². The summed E-state index contributed by atoms with van der Waals surface area (Å²) >= 11 is 0. The van der Waals surface area contributed by atoms with Gasteiger partial charge in [0.1, 0.15) is 48.4 Å². The molecule has 21 heteroatoms. The van der Waals surface area contributed by atoms with Crippen LogP contribution in [0.4, 0.5) is 0 Å². The summed E-state index contributed by atoms with van der Waals surface area (Å²) in [5.41, 5.74) is 5.84. The second kappa shape index (κ2) is 53.7. The van der Waals surface area contributed by atoms with E-state index in [1.54, 1.807) is 7.11 Å². The van der Waals surface area contributed by atoms with E-state index in [0.717, 1.165) is 141 Å². The summed E-state index contributed by atoms with van der Waals surface area (Å²) in [6.45, 7) is 8.54. The first-order valence-electron chi connectivity index (χ1n) is 35.2. The Hall–Kier alpha value is -1.67. The highest BCUT2D eigenvalue weighted by atomic mass is 31.2. The molecule has 0 spiro atoms. The fourth-order valence-electron chi connectivity index (χ4n) is 12.0. The van der Waals surface area contributed by atoms with E-state index in [4.69, 9.17) is 43.2 Å². The van der Waals surface area contributed by atoms with Crippen LogP contribution in [0.25, 0.3) is 0 Å². The van der Waals surface area contributed by atoms with Crippen LogP contribution >= 0.6 is 15.8 Å². The first kappa shape index (κ1) is 82.4. The van der Waals surface area contributed by atoms with Crippen molar-refractivity contribution in [3.05, 3.63) is 12.2 Å². The molecule has 0 bridgehead atoms. The van der Waals surface area contributed by atoms with Gasteiger partial charge in [0.2, 0.25) is 11.8 Å². The molecule has 0 aromatic heterocycles. The zero-order chi connectivity index (χ0) is 64.5. The molecule has 2 aliphatic heterocycles. The van der Waals surface area contributed by atoms with Crippen LogP contribution in [-0.2, 0) is 61.2 Å². The lowest BCUT2D eigenvalue weighted by Crippen LogP contribution is -2.67. The lowest BCUT2D eigenvalue weighted by Gasteiger charge is -2.47. The zero-order valence-electron chi connectivity index (χ0n) is 56.0. The number of Topliss-reactive ketones (excluding diaryl/α,β-unsaturated/α-hetero) is 1. The minimum Gasteiger partial charge on any atom is -0.388 e. The summed E-state index contributed by atoms with van der Waals surface area (Å²) in [5, 5.41) is 18.3.